The standard InChI is InChI=1S/C11H10N2O3.C6H12.C3H6/c1-12-9(14)10(15)13(11(12)16)7-8-5-3-2-4-6-8;1-4-6(3)5-2;1-3-2/h2-6H,7H2,1H3;4H,5H2,1-3H3;3H,1H2,2H3/b;6-4-;. The highest BCUT2D eigenvalue weighted by atomic mass is 16.2. The van der Waals surface area contributed by atoms with Crippen molar-refractivity contribution < 1.29 is 14.4 Å². The Labute approximate surface area is 150 Å². The molecule has 2 rings (SSSR count). The van der Waals surface area contributed by atoms with Crippen LogP contribution in [0.4, 0.5) is 4.79 Å². The van der Waals surface area contributed by atoms with Gasteiger partial charge in [0.15, 0.2) is 0 Å². The number of hydrogen-bond acceptors (Lipinski definition) is 3. The average molecular weight is 344 g/mol. The SMILES string of the molecule is C/C=C(/C)CC.C=CC.CN1C(=O)C(=O)N(Cc2ccccc2)C1=O. The van der Waals surface area contributed by atoms with Crippen LogP contribution in [0.3, 0.4) is 0 Å². The molecule has 1 aromatic rings. The number of imide groups is 2. The summed E-state index contributed by atoms with van der Waals surface area (Å²) in [5, 5.41) is 0. The van der Waals surface area contributed by atoms with Gasteiger partial charge < -0.3 is 0 Å². The van der Waals surface area contributed by atoms with E-state index in [-0.39, 0.29) is 6.54 Å². The molecule has 1 fully saturated rings. The number of rotatable bonds is 3. The third kappa shape index (κ3) is 7.16. The first-order valence-corrected chi connectivity index (χ1v) is 8.20. The Hall–Kier alpha value is -2.69. The second-order valence-electron chi connectivity index (χ2n) is 5.42. The zero-order valence-electron chi connectivity index (χ0n) is 15.8. The molecule has 1 heterocycles. The highest BCUT2D eigenvalue weighted by Crippen LogP contribution is 2.13. The lowest BCUT2D eigenvalue weighted by Crippen LogP contribution is -2.30. The van der Waals surface area contributed by atoms with E-state index >= 15 is 0 Å². The number of likely N-dealkylation sites (N-methyl/N-ethyl adjacent to an activating group) is 1. The Morgan fingerprint density at radius 3 is 1.92 bits per heavy atom. The van der Waals surface area contributed by atoms with Crippen LogP contribution in [0.15, 0.2) is 54.6 Å². The van der Waals surface area contributed by atoms with Crippen LogP contribution in [-0.4, -0.2) is 34.7 Å². The van der Waals surface area contributed by atoms with E-state index < -0.39 is 17.8 Å². The van der Waals surface area contributed by atoms with Crippen molar-refractivity contribution in [2.45, 2.75) is 40.7 Å². The van der Waals surface area contributed by atoms with E-state index in [4.69, 9.17) is 0 Å². The van der Waals surface area contributed by atoms with E-state index in [1.165, 1.54) is 19.0 Å². The summed E-state index contributed by atoms with van der Waals surface area (Å²) in [7, 11) is 1.30. The molecule has 25 heavy (non-hydrogen) atoms. The van der Waals surface area contributed by atoms with Crippen LogP contribution in [0.25, 0.3) is 0 Å². The molecule has 1 aliphatic heterocycles. The third-order valence-electron chi connectivity index (χ3n) is 3.48. The monoisotopic (exact) mass is 344 g/mol. The van der Waals surface area contributed by atoms with Gasteiger partial charge in [-0.3, -0.25) is 19.4 Å². The summed E-state index contributed by atoms with van der Waals surface area (Å²) < 4.78 is 0. The molecule has 1 aromatic carbocycles. The molecule has 4 amide bonds. The first kappa shape index (κ1) is 22.3. The average Bonchev–Trinajstić information content (AvgIpc) is 2.81. The Kier molecular flexibility index (Phi) is 10.5. The fourth-order valence-electron chi connectivity index (χ4n) is 1.72. The lowest BCUT2D eigenvalue weighted by Gasteiger charge is -2.12. The molecule has 0 radical (unpaired) electrons. The second-order valence-corrected chi connectivity index (χ2v) is 5.42. The third-order valence-corrected chi connectivity index (χ3v) is 3.48. The van der Waals surface area contributed by atoms with Gasteiger partial charge in [-0.05, 0) is 32.8 Å². The van der Waals surface area contributed by atoms with Crippen molar-refractivity contribution in [2.24, 2.45) is 0 Å². The number of nitrogens with zero attached hydrogens (tertiary/aromatic N) is 2. The number of urea groups is 1. The molecule has 0 spiro atoms. The molecular weight excluding hydrogens is 316 g/mol. The van der Waals surface area contributed by atoms with Crippen LogP contribution in [0.1, 0.15) is 39.7 Å². The van der Waals surface area contributed by atoms with E-state index in [9.17, 15) is 14.4 Å². The first-order valence-electron chi connectivity index (χ1n) is 8.20. The summed E-state index contributed by atoms with van der Waals surface area (Å²) in [4.78, 5) is 36.0. The second kappa shape index (κ2) is 11.8. The molecule has 0 saturated carbocycles. The van der Waals surface area contributed by atoms with Gasteiger partial charge in [-0.1, -0.05) is 55.0 Å². The predicted molar refractivity (Wildman–Crippen MR) is 101 cm³/mol. The molecule has 0 aromatic heterocycles. The van der Waals surface area contributed by atoms with Crippen LogP contribution in [0, 0.1) is 0 Å². The van der Waals surface area contributed by atoms with Crippen LogP contribution in [-0.2, 0) is 16.1 Å². The van der Waals surface area contributed by atoms with E-state index in [0.717, 1.165) is 15.4 Å². The molecule has 0 atom stereocenters. The normalized spacial score (nSPS) is 13.8. The van der Waals surface area contributed by atoms with Crippen molar-refractivity contribution in [2.75, 3.05) is 7.05 Å². The number of benzene rings is 1. The van der Waals surface area contributed by atoms with Crippen LogP contribution < -0.4 is 0 Å². The summed E-state index contributed by atoms with van der Waals surface area (Å²) in [5.74, 6) is -1.54. The van der Waals surface area contributed by atoms with Gasteiger partial charge in [-0.2, -0.15) is 0 Å². The molecule has 0 N–H and O–H groups in total. The Balaban J connectivity index is 0.000000538. The number of carbonyl (C=O) groups excluding carboxylic acids is 3. The van der Waals surface area contributed by atoms with E-state index in [1.807, 2.05) is 25.1 Å². The summed E-state index contributed by atoms with van der Waals surface area (Å²) >= 11 is 0. The van der Waals surface area contributed by atoms with Crippen molar-refractivity contribution in [3.05, 3.63) is 60.2 Å². The van der Waals surface area contributed by atoms with Gasteiger partial charge in [0.2, 0.25) is 0 Å². The van der Waals surface area contributed by atoms with Crippen molar-refractivity contribution in [3.8, 4) is 0 Å². The minimum absolute atomic E-state index is 0.134. The Morgan fingerprint density at radius 1 is 1.08 bits per heavy atom. The summed E-state index contributed by atoms with van der Waals surface area (Å²) in [6.45, 7) is 11.8. The van der Waals surface area contributed by atoms with E-state index in [2.05, 4.69) is 33.4 Å². The van der Waals surface area contributed by atoms with Gasteiger partial charge in [-0.25, -0.2) is 4.79 Å². The largest absolute Gasteiger partial charge is 0.334 e. The smallest absolute Gasteiger partial charge is 0.263 e. The fourth-order valence-corrected chi connectivity index (χ4v) is 1.72. The molecule has 136 valence electrons. The zero-order chi connectivity index (χ0) is 19.4. The van der Waals surface area contributed by atoms with Crippen molar-refractivity contribution >= 4 is 17.8 Å². The molecule has 0 aliphatic carbocycles. The zero-order valence-corrected chi connectivity index (χ0v) is 15.8. The van der Waals surface area contributed by atoms with Crippen molar-refractivity contribution in [3.63, 3.8) is 0 Å². The van der Waals surface area contributed by atoms with Gasteiger partial charge in [0.25, 0.3) is 0 Å². The molecule has 0 bridgehead atoms. The summed E-state index contributed by atoms with van der Waals surface area (Å²) in [6, 6.07) is 8.48. The molecule has 5 nitrogen and oxygen atoms in total. The Morgan fingerprint density at radius 2 is 1.60 bits per heavy atom. The van der Waals surface area contributed by atoms with Gasteiger partial charge >= 0.3 is 17.8 Å². The number of amides is 4. The highest BCUT2D eigenvalue weighted by molar-refractivity contribution is 6.44. The van der Waals surface area contributed by atoms with E-state index in [1.54, 1.807) is 18.2 Å². The number of allylic oxidation sites excluding steroid dienone is 3. The minimum Gasteiger partial charge on any atom is -0.263 e. The fraction of sp³-hybridized carbons (Fsp3) is 0.350. The first-order chi connectivity index (χ1) is 11.8. The summed E-state index contributed by atoms with van der Waals surface area (Å²) in [6.07, 6.45) is 5.08. The number of carbonyl (C=O) groups is 3. The molecule has 5 heteroatoms. The lowest BCUT2D eigenvalue weighted by atomic mass is 10.2. The van der Waals surface area contributed by atoms with Crippen molar-refractivity contribution in [1.29, 1.82) is 0 Å². The molecule has 1 aliphatic rings. The predicted octanol–water partition coefficient (Wildman–Crippen LogP) is 4.16. The van der Waals surface area contributed by atoms with E-state index in [0.29, 0.717) is 0 Å². The number of hydrogen-bond donors (Lipinski definition) is 0. The molecule has 1 saturated heterocycles. The summed E-state index contributed by atoms with van der Waals surface area (Å²) in [5.41, 5.74) is 2.28. The van der Waals surface area contributed by atoms with Crippen LogP contribution in [0.5, 0.6) is 0 Å². The van der Waals surface area contributed by atoms with Crippen LogP contribution in [0.2, 0.25) is 0 Å². The topological polar surface area (TPSA) is 57.7 Å². The van der Waals surface area contributed by atoms with Gasteiger partial charge in [0.05, 0.1) is 6.54 Å². The Bertz CT molecular complexity index is 621. The molecule has 0 unspecified atom stereocenters. The minimum atomic E-state index is -0.777. The maximum atomic E-state index is 11.5. The maximum absolute atomic E-state index is 11.5. The van der Waals surface area contributed by atoms with Gasteiger partial charge in [-0.15, -0.1) is 6.58 Å². The highest BCUT2D eigenvalue weighted by Gasteiger charge is 2.41. The molecular formula is C20H28N2O3. The lowest BCUT2D eigenvalue weighted by molar-refractivity contribution is -0.143. The van der Waals surface area contributed by atoms with Crippen molar-refractivity contribution in [1.82, 2.24) is 9.80 Å². The van der Waals surface area contributed by atoms with Crippen LogP contribution >= 0.6 is 0 Å². The quantitative estimate of drug-likeness (QED) is 0.470. The van der Waals surface area contributed by atoms with Gasteiger partial charge in [0, 0.05) is 7.05 Å². The maximum Gasteiger partial charge on any atom is 0.334 e. The van der Waals surface area contributed by atoms with Gasteiger partial charge in [0.1, 0.15) is 0 Å².